The van der Waals surface area contributed by atoms with E-state index in [9.17, 15) is 13.4 Å². The van der Waals surface area contributed by atoms with Crippen LogP contribution in [0.15, 0.2) is 55.1 Å². The third-order valence-corrected chi connectivity index (χ3v) is 6.00. The first kappa shape index (κ1) is 20.8. The van der Waals surface area contributed by atoms with Crippen molar-refractivity contribution in [1.82, 2.24) is 15.0 Å². The van der Waals surface area contributed by atoms with Gasteiger partial charge in [0.25, 0.3) is 0 Å². The summed E-state index contributed by atoms with van der Waals surface area (Å²) in [6.07, 6.45) is 6.29. The van der Waals surface area contributed by atoms with E-state index in [2.05, 4.69) is 19.7 Å². The molecule has 6 nitrogen and oxygen atoms in total. The number of anilines is 1. The van der Waals surface area contributed by atoms with Gasteiger partial charge in [0.1, 0.15) is 22.5 Å². The number of rotatable bonds is 6. The van der Waals surface area contributed by atoms with Crippen molar-refractivity contribution in [3.05, 3.63) is 77.9 Å². The third-order valence-electron chi connectivity index (χ3n) is 4.73. The largest absolute Gasteiger partial charge is 0.345 e. The van der Waals surface area contributed by atoms with Gasteiger partial charge in [-0.1, -0.05) is 6.07 Å². The molecule has 0 fully saturated rings. The van der Waals surface area contributed by atoms with Crippen molar-refractivity contribution < 1.29 is 17.8 Å². The van der Waals surface area contributed by atoms with Crippen molar-refractivity contribution in [2.45, 2.75) is 19.1 Å². The minimum Gasteiger partial charge on any atom is -0.345 e. The topological polar surface area (TPSA) is 87.7 Å². The Morgan fingerprint density at radius 2 is 1.97 bits per heavy atom. The normalized spacial score (nSPS) is 12.3. The number of pyridine rings is 2. The second-order valence-electron chi connectivity index (χ2n) is 7.13. The monoisotopic (exact) mass is 440 g/mol. The van der Waals surface area contributed by atoms with Crippen LogP contribution in [0.1, 0.15) is 29.8 Å². The summed E-state index contributed by atoms with van der Waals surface area (Å²) in [6, 6.07) is 7.43. The molecule has 0 saturated carbocycles. The Morgan fingerprint density at radius 1 is 1.16 bits per heavy atom. The summed E-state index contributed by atoms with van der Waals surface area (Å²) >= 11 is 0. The molecule has 31 heavy (non-hydrogen) atoms. The van der Waals surface area contributed by atoms with Crippen molar-refractivity contribution in [2.75, 3.05) is 4.72 Å². The van der Waals surface area contributed by atoms with E-state index in [4.69, 9.17) is 0 Å². The summed E-state index contributed by atoms with van der Waals surface area (Å²) in [5, 5.41) is 0.128. The second kappa shape index (κ2) is 8.35. The summed E-state index contributed by atoms with van der Waals surface area (Å²) in [4.78, 5) is 24.4. The molecule has 9 heteroatoms. The van der Waals surface area contributed by atoms with E-state index in [1.165, 1.54) is 6.20 Å². The van der Waals surface area contributed by atoms with Gasteiger partial charge in [-0.3, -0.25) is 9.78 Å². The van der Waals surface area contributed by atoms with Crippen LogP contribution < -0.4 is 4.72 Å². The van der Waals surface area contributed by atoms with Gasteiger partial charge in [0.2, 0.25) is 5.78 Å². The van der Waals surface area contributed by atoms with Crippen molar-refractivity contribution in [3.63, 3.8) is 0 Å². The first-order valence-corrected chi connectivity index (χ1v) is 10.7. The quantitative estimate of drug-likeness (QED) is 0.429. The Hall–Kier alpha value is -3.46. The molecule has 0 aliphatic carbocycles. The van der Waals surface area contributed by atoms with Crippen LogP contribution in [0.2, 0.25) is 0 Å². The number of fused-ring (bicyclic) bond motifs is 1. The lowest BCUT2D eigenvalue weighted by Gasteiger charge is -2.12. The average molecular weight is 440 g/mol. The van der Waals surface area contributed by atoms with Crippen LogP contribution in [0.5, 0.6) is 0 Å². The number of carbonyl (C=O) groups excluding carboxylic acids is 1. The molecule has 4 rings (SSSR count). The van der Waals surface area contributed by atoms with Gasteiger partial charge < -0.3 is 9.71 Å². The predicted octanol–water partition coefficient (Wildman–Crippen LogP) is 4.62. The predicted molar refractivity (Wildman–Crippen MR) is 116 cm³/mol. The first-order chi connectivity index (χ1) is 14.9. The smallest absolute Gasteiger partial charge is 0.201 e. The lowest BCUT2D eigenvalue weighted by Crippen LogP contribution is -2.17. The Kier molecular flexibility index (Phi) is 5.60. The molecule has 1 atom stereocenters. The fourth-order valence-electron chi connectivity index (χ4n) is 3.08. The van der Waals surface area contributed by atoms with E-state index < -0.39 is 34.0 Å². The maximum atomic E-state index is 15.1. The van der Waals surface area contributed by atoms with Crippen LogP contribution in [0.3, 0.4) is 0 Å². The van der Waals surface area contributed by atoms with Gasteiger partial charge in [0.05, 0.1) is 11.3 Å². The van der Waals surface area contributed by atoms with E-state index >= 15 is 4.39 Å². The molecule has 4 aromatic rings. The standard InChI is InChI=1S/C22H18F2N4O2S/c1-12(2)31(30)28-18-6-5-17(23)19(20(18)24)21(29)16-11-27-22-15(16)8-14(10-26-22)13-4-3-7-25-9-13/h3-12,28H,1-2H3,(H,26,27). The zero-order valence-corrected chi connectivity index (χ0v) is 17.5. The van der Waals surface area contributed by atoms with Crippen molar-refractivity contribution in [1.29, 1.82) is 0 Å². The number of aromatic amines is 1. The van der Waals surface area contributed by atoms with E-state index in [1.807, 2.05) is 6.07 Å². The fourth-order valence-corrected chi connectivity index (χ4v) is 3.69. The molecule has 2 N–H and O–H groups in total. The van der Waals surface area contributed by atoms with Crippen LogP contribution in [0.4, 0.5) is 14.5 Å². The summed E-state index contributed by atoms with van der Waals surface area (Å²) in [5.74, 6) is -2.94. The van der Waals surface area contributed by atoms with Gasteiger partial charge in [-0.25, -0.2) is 18.0 Å². The van der Waals surface area contributed by atoms with Gasteiger partial charge >= 0.3 is 0 Å². The molecule has 158 valence electrons. The summed E-state index contributed by atoms with van der Waals surface area (Å²) in [7, 11) is -1.59. The van der Waals surface area contributed by atoms with Crippen molar-refractivity contribution >= 4 is 33.5 Å². The van der Waals surface area contributed by atoms with Gasteiger partial charge in [-0.15, -0.1) is 0 Å². The number of halogens is 2. The highest BCUT2D eigenvalue weighted by molar-refractivity contribution is 7.86. The summed E-state index contributed by atoms with van der Waals surface area (Å²) < 4.78 is 44.1. The lowest BCUT2D eigenvalue weighted by atomic mass is 10.00. The maximum absolute atomic E-state index is 15.1. The molecular formula is C22H18F2N4O2S. The molecule has 1 aromatic carbocycles. The number of hydrogen-bond donors (Lipinski definition) is 2. The molecule has 0 bridgehead atoms. The SMILES string of the molecule is CC(C)S(=O)Nc1ccc(F)c(C(=O)c2c[nH]c3ncc(-c4cccnc4)cc23)c1F. The van der Waals surface area contributed by atoms with Gasteiger partial charge in [-0.2, -0.15) is 0 Å². The number of benzene rings is 1. The van der Waals surface area contributed by atoms with Crippen LogP contribution >= 0.6 is 0 Å². The molecule has 1 unspecified atom stereocenters. The molecule has 0 radical (unpaired) electrons. The van der Waals surface area contributed by atoms with Gasteiger partial charge in [0.15, 0.2) is 5.82 Å². The number of ketones is 1. The first-order valence-electron chi connectivity index (χ1n) is 9.44. The molecule has 0 saturated heterocycles. The number of H-pyrrole nitrogens is 1. The van der Waals surface area contributed by atoms with Gasteiger partial charge in [0, 0.05) is 52.1 Å². The van der Waals surface area contributed by atoms with E-state index in [0.717, 1.165) is 17.7 Å². The number of hydrogen-bond acceptors (Lipinski definition) is 4. The fraction of sp³-hybridized carbons (Fsp3) is 0.136. The zero-order chi connectivity index (χ0) is 22.1. The van der Waals surface area contributed by atoms with Crippen LogP contribution in [0, 0.1) is 11.6 Å². The number of nitrogens with one attached hydrogen (secondary N) is 2. The molecule has 0 amide bonds. The molecule has 0 aliphatic heterocycles. The number of carbonyl (C=O) groups is 1. The van der Waals surface area contributed by atoms with Gasteiger partial charge in [-0.05, 0) is 38.1 Å². The Morgan fingerprint density at radius 3 is 2.68 bits per heavy atom. The van der Waals surface area contributed by atoms with E-state index in [-0.39, 0.29) is 16.5 Å². The van der Waals surface area contributed by atoms with Crippen LogP contribution in [-0.2, 0) is 11.0 Å². The number of aromatic nitrogens is 3. The minimum atomic E-state index is -1.59. The number of nitrogens with zero attached hydrogens (tertiary/aromatic N) is 2. The highest BCUT2D eigenvalue weighted by Crippen LogP contribution is 2.29. The third kappa shape index (κ3) is 3.96. The maximum Gasteiger partial charge on any atom is 0.201 e. The molecule has 0 spiro atoms. The zero-order valence-electron chi connectivity index (χ0n) is 16.6. The molecular weight excluding hydrogens is 422 g/mol. The van der Waals surface area contributed by atoms with E-state index in [0.29, 0.717) is 16.6 Å². The summed E-state index contributed by atoms with van der Waals surface area (Å²) in [6.45, 7) is 3.38. The van der Waals surface area contributed by atoms with Crippen molar-refractivity contribution in [2.24, 2.45) is 0 Å². The Bertz CT molecular complexity index is 1310. The highest BCUT2D eigenvalue weighted by atomic mass is 32.2. The molecule has 3 aromatic heterocycles. The summed E-state index contributed by atoms with van der Waals surface area (Å²) in [5.41, 5.74) is 1.05. The average Bonchev–Trinajstić information content (AvgIpc) is 3.19. The molecule has 0 aliphatic rings. The Balaban J connectivity index is 1.79. The van der Waals surface area contributed by atoms with Crippen LogP contribution in [0.25, 0.3) is 22.2 Å². The van der Waals surface area contributed by atoms with Crippen molar-refractivity contribution in [3.8, 4) is 11.1 Å². The minimum absolute atomic E-state index is 0.0770. The Labute approximate surface area is 179 Å². The lowest BCUT2D eigenvalue weighted by molar-refractivity contribution is 0.103. The van der Waals surface area contributed by atoms with Crippen LogP contribution in [-0.4, -0.2) is 30.2 Å². The van der Waals surface area contributed by atoms with E-state index in [1.54, 1.807) is 44.6 Å². The highest BCUT2D eigenvalue weighted by Gasteiger charge is 2.25. The second-order valence-corrected chi connectivity index (χ2v) is 8.87. The molecule has 3 heterocycles.